The zero-order valence-electron chi connectivity index (χ0n) is 9.82. The van der Waals surface area contributed by atoms with E-state index in [1.807, 2.05) is 26.0 Å². The smallest absolute Gasteiger partial charge is 0.326 e. The minimum absolute atomic E-state index is 0.544. The number of aldehydes is 1. The van der Waals surface area contributed by atoms with E-state index in [2.05, 4.69) is 4.74 Å². The van der Waals surface area contributed by atoms with Crippen LogP contribution in [0.2, 0.25) is 5.02 Å². The quantitative estimate of drug-likeness (QED) is 0.366. The van der Waals surface area contributed by atoms with Gasteiger partial charge in [-0.15, -0.1) is 11.8 Å². The van der Waals surface area contributed by atoms with Gasteiger partial charge in [0.1, 0.15) is 6.29 Å². The lowest BCUT2D eigenvalue weighted by Gasteiger charge is -2.11. The van der Waals surface area contributed by atoms with Crippen molar-refractivity contribution in [2.24, 2.45) is 0 Å². The number of rotatable bonds is 4. The molecule has 0 heterocycles. The lowest BCUT2D eigenvalue weighted by atomic mass is 10.2. The third-order valence-corrected chi connectivity index (χ3v) is 3.93. The molecular weight excluding hydrogens is 260 g/mol. The van der Waals surface area contributed by atoms with Crippen LogP contribution in [-0.4, -0.2) is 24.6 Å². The van der Waals surface area contributed by atoms with Gasteiger partial charge in [-0.1, -0.05) is 11.6 Å². The second-order valence-corrected chi connectivity index (χ2v) is 5.16. The Morgan fingerprint density at radius 1 is 1.41 bits per heavy atom. The van der Waals surface area contributed by atoms with Crippen molar-refractivity contribution in [1.82, 2.24) is 0 Å². The van der Waals surface area contributed by atoms with E-state index in [4.69, 9.17) is 11.6 Å². The summed E-state index contributed by atoms with van der Waals surface area (Å²) in [4.78, 5) is 23.0. The Balaban J connectivity index is 2.98. The Kier molecular flexibility index (Phi) is 5.02. The van der Waals surface area contributed by atoms with Gasteiger partial charge in [-0.3, -0.25) is 4.79 Å². The molecule has 0 amide bonds. The molecule has 0 spiro atoms. The number of aryl methyl sites for hydroxylation is 2. The van der Waals surface area contributed by atoms with E-state index < -0.39 is 11.2 Å². The fourth-order valence-electron chi connectivity index (χ4n) is 1.27. The molecular formula is C12H13ClO3S. The maximum Gasteiger partial charge on any atom is 0.326 e. The molecule has 0 radical (unpaired) electrons. The van der Waals surface area contributed by atoms with Crippen molar-refractivity contribution >= 4 is 35.6 Å². The van der Waals surface area contributed by atoms with Crippen LogP contribution in [0, 0.1) is 13.8 Å². The molecule has 0 N–H and O–H groups in total. The van der Waals surface area contributed by atoms with Crippen molar-refractivity contribution in [3.63, 3.8) is 0 Å². The molecule has 1 aromatic rings. The van der Waals surface area contributed by atoms with E-state index in [9.17, 15) is 9.59 Å². The molecule has 1 atom stereocenters. The fraction of sp³-hybridized carbons (Fsp3) is 0.333. The predicted octanol–water partition coefficient (Wildman–Crippen LogP) is 2.79. The SMILES string of the molecule is COC(=O)C(C=O)Sc1cc(C)c(Cl)cc1C. The van der Waals surface area contributed by atoms with Gasteiger partial charge in [0, 0.05) is 9.92 Å². The van der Waals surface area contributed by atoms with Crippen molar-refractivity contribution in [1.29, 1.82) is 0 Å². The first-order valence-corrected chi connectivity index (χ1v) is 6.22. The van der Waals surface area contributed by atoms with Crippen LogP contribution in [-0.2, 0) is 14.3 Å². The number of hydrogen-bond donors (Lipinski definition) is 0. The number of halogens is 1. The van der Waals surface area contributed by atoms with Gasteiger partial charge in [-0.25, -0.2) is 0 Å². The molecule has 92 valence electrons. The Morgan fingerprint density at radius 3 is 2.59 bits per heavy atom. The second-order valence-electron chi connectivity index (χ2n) is 3.56. The Morgan fingerprint density at radius 2 is 2.06 bits per heavy atom. The van der Waals surface area contributed by atoms with Crippen molar-refractivity contribution in [3.8, 4) is 0 Å². The molecule has 0 aliphatic carbocycles. The molecule has 5 heteroatoms. The third-order valence-electron chi connectivity index (χ3n) is 2.27. The summed E-state index contributed by atoms with van der Waals surface area (Å²) in [5.41, 5.74) is 1.84. The zero-order chi connectivity index (χ0) is 13.0. The van der Waals surface area contributed by atoms with Crippen LogP contribution in [0.1, 0.15) is 11.1 Å². The highest BCUT2D eigenvalue weighted by atomic mass is 35.5. The Bertz CT molecular complexity index is 446. The number of methoxy groups -OCH3 is 1. The molecule has 1 unspecified atom stereocenters. The van der Waals surface area contributed by atoms with Crippen LogP contribution in [0.25, 0.3) is 0 Å². The normalized spacial score (nSPS) is 12.0. The van der Waals surface area contributed by atoms with Gasteiger partial charge in [0.2, 0.25) is 0 Å². The van der Waals surface area contributed by atoms with Crippen molar-refractivity contribution in [2.75, 3.05) is 7.11 Å². The molecule has 0 bridgehead atoms. The summed E-state index contributed by atoms with van der Waals surface area (Å²) >= 11 is 7.15. The maximum atomic E-state index is 11.3. The number of carbonyl (C=O) groups is 2. The van der Waals surface area contributed by atoms with E-state index in [1.165, 1.54) is 18.9 Å². The van der Waals surface area contributed by atoms with Crippen molar-refractivity contribution in [3.05, 3.63) is 28.3 Å². The molecule has 0 aliphatic heterocycles. The summed E-state index contributed by atoms with van der Waals surface area (Å²) in [6.07, 6.45) is 0.583. The highest BCUT2D eigenvalue weighted by Gasteiger charge is 2.20. The van der Waals surface area contributed by atoms with Crippen molar-refractivity contribution < 1.29 is 14.3 Å². The summed E-state index contributed by atoms with van der Waals surface area (Å²) in [6.45, 7) is 3.76. The maximum absolute atomic E-state index is 11.3. The monoisotopic (exact) mass is 272 g/mol. The summed E-state index contributed by atoms with van der Waals surface area (Å²) in [5, 5.41) is -0.160. The van der Waals surface area contributed by atoms with Crippen LogP contribution < -0.4 is 0 Å². The molecule has 0 aliphatic rings. The van der Waals surface area contributed by atoms with Gasteiger partial charge < -0.3 is 9.53 Å². The van der Waals surface area contributed by atoms with Gasteiger partial charge >= 0.3 is 5.97 Å². The first kappa shape index (κ1) is 14.1. The summed E-state index contributed by atoms with van der Waals surface area (Å²) < 4.78 is 4.55. The average Bonchev–Trinajstić information content (AvgIpc) is 2.31. The van der Waals surface area contributed by atoms with E-state index in [1.54, 1.807) is 0 Å². The van der Waals surface area contributed by atoms with Crippen LogP contribution in [0.5, 0.6) is 0 Å². The van der Waals surface area contributed by atoms with Gasteiger partial charge in [0.25, 0.3) is 0 Å². The summed E-state index contributed by atoms with van der Waals surface area (Å²) in [5.74, 6) is -0.544. The summed E-state index contributed by atoms with van der Waals surface area (Å²) in [6, 6.07) is 3.68. The minimum atomic E-state index is -0.834. The molecule has 3 nitrogen and oxygen atoms in total. The molecule has 1 aromatic carbocycles. The average molecular weight is 273 g/mol. The molecule has 0 saturated heterocycles. The van der Waals surface area contributed by atoms with Gasteiger partial charge in [-0.05, 0) is 37.1 Å². The van der Waals surface area contributed by atoms with E-state index >= 15 is 0 Å². The topological polar surface area (TPSA) is 43.4 Å². The van der Waals surface area contributed by atoms with Gasteiger partial charge in [-0.2, -0.15) is 0 Å². The highest BCUT2D eigenvalue weighted by Crippen LogP contribution is 2.30. The van der Waals surface area contributed by atoms with Crippen LogP contribution >= 0.6 is 23.4 Å². The molecule has 1 rings (SSSR count). The third kappa shape index (κ3) is 3.48. The first-order chi connectivity index (χ1) is 7.99. The predicted molar refractivity (Wildman–Crippen MR) is 68.7 cm³/mol. The molecule has 0 saturated carbocycles. The number of thioether (sulfide) groups is 1. The van der Waals surface area contributed by atoms with Crippen molar-refractivity contribution in [2.45, 2.75) is 24.0 Å². The molecule has 0 fully saturated rings. The second kappa shape index (κ2) is 6.07. The Hall–Kier alpha value is -1.00. The van der Waals surface area contributed by atoms with Crippen LogP contribution in [0.15, 0.2) is 17.0 Å². The minimum Gasteiger partial charge on any atom is -0.468 e. The number of benzene rings is 1. The van der Waals surface area contributed by atoms with Gasteiger partial charge in [0.05, 0.1) is 7.11 Å². The summed E-state index contributed by atoms with van der Waals surface area (Å²) in [7, 11) is 1.26. The zero-order valence-corrected chi connectivity index (χ0v) is 11.4. The lowest BCUT2D eigenvalue weighted by Crippen LogP contribution is -2.20. The lowest BCUT2D eigenvalue weighted by molar-refractivity contribution is -0.140. The van der Waals surface area contributed by atoms with E-state index in [0.717, 1.165) is 16.0 Å². The Labute approximate surface area is 109 Å². The number of carbonyl (C=O) groups excluding carboxylic acids is 2. The molecule has 0 aromatic heterocycles. The molecule has 17 heavy (non-hydrogen) atoms. The van der Waals surface area contributed by atoms with Crippen LogP contribution in [0.4, 0.5) is 0 Å². The van der Waals surface area contributed by atoms with Gasteiger partial charge in [0.15, 0.2) is 5.25 Å². The number of ether oxygens (including phenoxy) is 1. The van der Waals surface area contributed by atoms with Crippen LogP contribution in [0.3, 0.4) is 0 Å². The highest BCUT2D eigenvalue weighted by molar-refractivity contribution is 8.01. The standard InChI is InChI=1S/C12H13ClO3S/c1-7-5-10(8(2)4-9(7)13)17-11(6-14)12(15)16-3/h4-6,11H,1-3H3. The largest absolute Gasteiger partial charge is 0.468 e. The van der Waals surface area contributed by atoms with E-state index in [0.29, 0.717) is 11.3 Å². The number of esters is 1. The fourth-order valence-corrected chi connectivity index (χ4v) is 2.50. The first-order valence-electron chi connectivity index (χ1n) is 4.96. The number of hydrogen-bond acceptors (Lipinski definition) is 4. The van der Waals surface area contributed by atoms with E-state index in [-0.39, 0.29) is 0 Å².